The van der Waals surface area contributed by atoms with Crippen LogP contribution in [-0.4, -0.2) is 11.0 Å². The fourth-order valence-electron chi connectivity index (χ4n) is 2.64. The van der Waals surface area contributed by atoms with Crippen LogP contribution in [0, 0.1) is 0 Å². The zero-order chi connectivity index (χ0) is 13.7. The second-order valence-corrected chi connectivity index (χ2v) is 7.92. The molecule has 19 heavy (non-hydrogen) atoms. The van der Waals surface area contributed by atoms with E-state index in [1.54, 1.807) is 0 Å². The Balaban J connectivity index is 1.82. The van der Waals surface area contributed by atoms with Gasteiger partial charge in [0.05, 0.1) is 5.01 Å². The lowest BCUT2D eigenvalue weighted by Gasteiger charge is -2.20. The Bertz CT molecular complexity index is 370. The van der Waals surface area contributed by atoms with Gasteiger partial charge in [-0.05, 0) is 12.8 Å². The molecular weight excluding hydrogens is 252 g/mol. The molecule has 1 saturated carbocycles. The first-order chi connectivity index (χ1) is 9.05. The van der Waals surface area contributed by atoms with Crippen LogP contribution in [0.3, 0.4) is 0 Å². The van der Waals surface area contributed by atoms with Crippen LogP contribution in [0.4, 0.5) is 0 Å². The Labute approximate surface area is 122 Å². The summed E-state index contributed by atoms with van der Waals surface area (Å²) in [6.07, 6.45) is 11.8. The number of nitrogens with one attached hydrogen (secondary N) is 1. The molecule has 0 unspecified atom stereocenters. The molecule has 0 saturated heterocycles. The van der Waals surface area contributed by atoms with E-state index in [0.717, 1.165) is 12.6 Å². The second-order valence-electron chi connectivity index (χ2n) is 6.80. The number of rotatable bonds is 3. The number of thiazole rings is 1. The standard InChI is InChI=1S/C16H28N2S/c1-16(2,3)15-18-12-14(19-15)11-17-13-9-7-5-4-6-8-10-13/h12-13,17H,4-11H2,1-3H3. The average Bonchev–Trinajstić information content (AvgIpc) is 2.76. The van der Waals surface area contributed by atoms with E-state index in [0.29, 0.717) is 0 Å². The Morgan fingerprint density at radius 1 is 1.16 bits per heavy atom. The highest BCUT2D eigenvalue weighted by molar-refractivity contribution is 7.11. The van der Waals surface area contributed by atoms with Crippen molar-refractivity contribution in [2.45, 2.75) is 83.7 Å². The Kier molecular flexibility index (Phi) is 5.40. The molecule has 1 aromatic heterocycles. The molecule has 1 aliphatic rings. The molecule has 2 rings (SSSR count). The third-order valence-corrected chi connectivity index (χ3v) is 5.29. The predicted molar refractivity (Wildman–Crippen MR) is 83.8 cm³/mol. The molecule has 0 aliphatic heterocycles. The molecule has 0 atom stereocenters. The third-order valence-electron chi connectivity index (χ3n) is 3.87. The molecular formula is C16H28N2S. The van der Waals surface area contributed by atoms with E-state index in [1.807, 2.05) is 11.3 Å². The fraction of sp³-hybridized carbons (Fsp3) is 0.812. The topological polar surface area (TPSA) is 24.9 Å². The summed E-state index contributed by atoms with van der Waals surface area (Å²) in [4.78, 5) is 5.94. The smallest absolute Gasteiger partial charge is 0.0981 e. The number of nitrogens with zero attached hydrogens (tertiary/aromatic N) is 1. The number of hydrogen-bond donors (Lipinski definition) is 1. The van der Waals surface area contributed by atoms with E-state index in [4.69, 9.17) is 0 Å². The lowest BCUT2D eigenvalue weighted by Crippen LogP contribution is -2.28. The highest BCUT2D eigenvalue weighted by Crippen LogP contribution is 2.27. The maximum absolute atomic E-state index is 4.56. The van der Waals surface area contributed by atoms with Gasteiger partial charge in [0.1, 0.15) is 0 Å². The van der Waals surface area contributed by atoms with E-state index >= 15 is 0 Å². The Morgan fingerprint density at radius 3 is 2.37 bits per heavy atom. The van der Waals surface area contributed by atoms with Crippen molar-refractivity contribution >= 4 is 11.3 Å². The molecule has 0 bridgehead atoms. The van der Waals surface area contributed by atoms with Crippen molar-refractivity contribution in [1.82, 2.24) is 10.3 Å². The van der Waals surface area contributed by atoms with E-state index < -0.39 is 0 Å². The van der Waals surface area contributed by atoms with Gasteiger partial charge in [-0.3, -0.25) is 0 Å². The lowest BCUT2D eigenvalue weighted by atomic mass is 9.97. The lowest BCUT2D eigenvalue weighted by molar-refractivity contribution is 0.390. The predicted octanol–water partition coefficient (Wildman–Crippen LogP) is 4.64. The van der Waals surface area contributed by atoms with Crippen molar-refractivity contribution in [3.05, 3.63) is 16.1 Å². The van der Waals surface area contributed by atoms with Gasteiger partial charge in [-0.15, -0.1) is 11.3 Å². The molecule has 1 heterocycles. The van der Waals surface area contributed by atoms with E-state index in [1.165, 1.54) is 54.8 Å². The van der Waals surface area contributed by atoms with E-state index in [-0.39, 0.29) is 5.41 Å². The van der Waals surface area contributed by atoms with Gasteiger partial charge in [0, 0.05) is 29.1 Å². The first-order valence-electron chi connectivity index (χ1n) is 7.74. The zero-order valence-corrected chi connectivity index (χ0v) is 13.5. The number of aromatic nitrogens is 1. The molecule has 1 fully saturated rings. The first kappa shape index (κ1) is 15.0. The first-order valence-corrected chi connectivity index (χ1v) is 8.56. The van der Waals surface area contributed by atoms with Crippen LogP contribution in [0.5, 0.6) is 0 Å². The second kappa shape index (κ2) is 6.85. The molecule has 0 spiro atoms. The highest BCUT2D eigenvalue weighted by Gasteiger charge is 2.18. The summed E-state index contributed by atoms with van der Waals surface area (Å²) in [5.41, 5.74) is 0.184. The maximum Gasteiger partial charge on any atom is 0.0981 e. The van der Waals surface area contributed by atoms with E-state index in [2.05, 4.69) is 37.3 Å². The quantitative estimate of drug-likeness (QED) is 0.872. The van der Waals surface area contributed by atoms with Crippen molar-refractivity contribution in [3.8, 4) is 0 Å². The minimum atomic E-state index is 0.184. The summed E-state index contributed by atoms with van der Waals surface area (Å²) in [6.45, 7) is 7.70. The van der Waals surface area contributed by atoms with Crippen molar-refractivity contribution < 1.29 is 0 Å². The van der Waals surface area contributed by atoms with Crippen LogP contribution in [-0.2, 0) is 12.0 Å². The van der Waals surface area contributed by atoms with Crippen LogP contribution < -0.4 is 5.32 Å². The van der Waals surface area contributed by atoms with Gasteiger partial charge < -0.3 is 5.32 Å². The van der Waals surface area contributed by atoms with Crippen molar-refractivity contribution in [3.63, 3.8) is 0 Å². The Morgan fingerprint density at radius 2 is 1.79 bits per heavy atom. The third kappa shape index (κ3) is 4.88. The van der Waals surface area contributed by atoms with Crippen molar-refractivity contribution in [2.24, 2.45) is 0 Å². The SMILES string of the molecule is CC(C)(C)c1ncc(CNC2CCCCCCC2)s1. The minimum Gasteiger partial charge on any atom is -0.309 e. The molecule has 1 aromatic rings. The Hall–Kier alpha value is -0.410. The zero-order valence-electron chi connectivity index (χ0n) is 12.7. The van der Waals surface area contributed by atoms with Crippen LogP contribution in [0.15, 0.2) is 6.20 Å². The number of hydrogen-bond acceptors (Lipinski definition) is 3. The van der Waals surface area contributed by atoms with Gasteiger partial charge in [0.25, 0.3) is 0 Å². The molecule has 0 radical (unpaired) electrons. The summed E-state index contributed by atoms with van der Waals surface area (Å²) in [6, 6.07) is 0.723. The monoisotopic (exact) mass is 280 g/mol. The highest BCUT2D eigenvalue weighted by atomic mass is 32.1. The molecule has 1 N–H and O–H groups in total. The summed E-state index contributed by atoms with van der Waals surface area (Å²) in [7, 11) is 0. The summed E-state index contributed by atoms with van der Waals surface area (Å²) >= 11 is 1.86. The fourth-order valence-corrected chi connectivity index (χ4v) is 3.56. The van der Waals surface area contributed by atoms with Crippen LogP contribution in [0.25, 0.3) is 0 Å². The van der Waals surface area contributed by atoms with Gasteiger partial charge in [-0.2, -0.15) is 0 Å². The summed E-state index contributed by atoms with van der Waals surface area (Å²) in [5.74, 6) is 0. The maximum atomic E-state index is 4.56. The van der Waals surface area contributed by atoms with Gasteiger partial charge in [-0.1, -0.05) is 52.9 Å². The van der Waals surface area contributed by atoms with Gasteiger partial charge >= 0.3 is 0 Å². The molecule has 0 amide bonds. The van der Waals surface area contributed by atoms with Gasteiger partial charge in [0.2, 0.25) is 0 Å². The summed E-state index contributed by atoms with van der Waals surface area (Å²) in [5, 5.41) is 4.99. The van der Waals surface area contributed by atoms with Gasteiger partial charge in [-0.25, -0.2) is 4.98 Å². The molecule has 1 aliphatic carbocycles. The molecule has 2 nitrogen and oxygen atoms in total. The van der Waals surface area contributed by atoms with Gasteiger partial charge in [0.15, 0.2) is 0 Å². The minimum absolute atomic E-state index is 0.184. The molecule has 0 aromatic carbocycles. The van der Waals surface area contributed by atoms with Crippen LogP contribution >= 0.6 is 11.3 Å². The molecule has 108 valence electrons. The van der Waals surface area contributed by atoms with Crippen LogP contribution in [0.2, 0.25) is 0 Å². The van der Waals surface area contributed by atoms with E-state index in [9.17, 15) is 0 Å². The van der Waals surface area contributed by atoms with Crippen LogP contribution in [0.1, 0.15) is 75.6 Å². The van der Waals surface area contributed by atoms with Crippen molar-refractivity contribution in [1.29, 1.82) is 0 Å². The van der Waals surface area contributed by atoms with Crippen molar-refractivity contribution in [2.75, 3.05) is 0 Å². The summed E-state index contributed by atoms with van der Waals surface area (Å²) < 4.78 is 0. The normalized spacial score (nSPS) is 19.1. The molecule has 3 heteroatoms. The largest absolute Gasteiger partial charge is 0.309 e. The average molecular weight is 280 g/mol.